The van der Waals surface area contributed by atoms with E-state index in [1.165, 1.54) is 0 Å². The Kier molecular flexibility index (Phi) is 5.99. The predicted molar refractivity (Wildman–Crippen MR) is 111 cm³/mol. The molecule has 0 saturated heterocycles. The molecule has 0 atom stereocenters. The lowest BCUT2D eigenvalue weighted by molar-refractivity contribution is 0.0952. The molecule has 0 fully saturated rings. The molecule has 6 heteroatoms. The SMILES string of the molecule is C/C=C/c1cc(C(=O)NCCn2c(C)nc3ccccc32)cc(OC)c1OC. The van der Waals surface area contributed by atoms with Gasteiger partial charge in [0.15, 0.2) is 11.5 Å². The lowest BCUT2D eigenvalue weighted by Gasteiger charge is -2.14. The van der Waals surface area contributed by atoms with Crippen molar-refractivity contribution in [3.8, 4) is 11.5 Å². The van der Waals surface area contributed by atoms with Crippen molar-refractivity contribution in [3.05, 3.63) is 59.4 Å². The van der Waals surface area contributed by atoms with Gasteiger partial charge in [0.25, 0.3) is 5.91 Å². The van der Waals surface area contributed by atoms with Crippen molar-refractivity contribution in [2.24, 2.45) is 0 Å². The lowest BCUT2D eigenvalue weighted by atomic mass is 10.1. The number of benzene rings is 2. The van der Waals surface area contributed by atoms with E-state index in [-0.39, 0.29) is 5.91 Å². The molecule has 28 heavy (non-hydrogen) atoms. The number of ether oxygens (including phenoxy) is 2. The fourth-order valence-electron chi connectivity index (χ4n) is 3.29. The molecule has 0 unspecified atom stereocenters. The minimum atomic E-state index is -0.159. The van der Waals surface area contributed by atoms with Gasteiger partial charge in [-0.1, -0.05) is 24.3 Å². The van der Waals surface area contributed by atoms with Gasteiger partial charge >= 0.3 is 0 Å². The summed E-state index contributed by atoms with van der Waals surface area (Å²) in [6.45, 7) is 5.02. The molecule has 1 amide bonds. The summed E-state index contributed by atoms with van der Waals surface area (Å²) < 4.78 is 12.9. The van der Waals surface area contributed by atoms with E-state index in [2.05, 4.69) is 14.9 Å². The zero-order chi connectivity index (χ0) is 20.1. The Labute approximate surface area is 164 Å². The Bertz CT molecular complexity index is 1020. The summed E-state index contributed by atoms with van der Waals surface area (Å²) in [7, 11) is 3.15. The van der Waals surface area contributed by atoms with Gasteiger partial charge in [0, 0.05) is 24.2 Å². The number of aromatic nitrogens is 2. The monoisotopic (exact) mass is 379 g/mol. The second kappa shape index (κ2) is 8.61. The number of hydrogen-bond acceptors (Lipinski definition) is 4. The molecule has 0 spiro atoms. The number of nitrogens with one attached hydrogen (secondary N) is 1. The van der Waals surface area contributed by atoms with E-state index in [1.807, 2.05) is 50.3 Å². The first-order chi connectivity index (χ1) is 13.6. The summed E-state index contributed by atoms with van der Waals surface area (Å²) in [5.74, 6) is 1.91. The fourth-order valence-corrected chi connectivity index (χ4v) is 3.29. The maximum Gasteiger partial charge on any atom is 0.251 e. The molecule has 2 aromatic carbocycles. The summed E-state index contributed by atoms with van der Waals surface area (Å²) in [5.41, 5.74) is 3.35. The molecule has 3 aromatic rings. The third-order valence-electron chi connectivity index (χ3n) is 4.58. The van der Waals surface area contributed by atoms with Gasteiger partial charge in [0.05, 0.1) is 25.3 Å². The number of fused-ring (bicyclic) bond motifs is 1. The van der Waals surface area contributed by atoms with Gasteiger partial charge in [-0.3, -0.25) is 4.79 Å². The molecule has 1 N–H and O–H groups in total. The van der Waals surface area contributed by atoms with Crippen LogP contribution in [0.4, 0.5) is 0 Å². The van der Waals surface area contributed by atoms with Crippen LogP contribution < -0.4 is 14.8 Å². The second-order valence-corrected chi connectivity index (χ2v) is 6.36. The van der Waals surface area contributed by atoms with Gasteiger partial charge in [0.2, 0.25) is 0 Å². The summed E-state index contributed by atoms with van der Waals surface area (Å²) in [5, 5.41) is 2.98. The largest absolute Gasteiger partial charge is 0.493 e. The van der Waals surface area contributed by atoms with E-state index in [1.54, 1.807) is 26.4 Å². The van der Waals surface area contributed by atoms with E-state index >= 15 is 0 Å². The van der Waals surface area contributed by atoms with Crippen molar-refractivity contribution >= 4 is 23.0 Å². The molecule has 1 heterocycles. The maximum absolute atomic E-state index is 12.7. The third-order valence-corrected chi connectivity index (χ3v) is 4.58. The summed E-state index contributed by atoms with van der Waals surface area (Å²) in [6, 6.07) is 11.5. The average molecular weight is 379 g/mol. The highest BCUT2D eigenvalue weighted by Gasteiger charge is 2.15. The first-order valence-electron chi connectivity index (χ1n) is 9.17. The highest BCUT2D eigenvalue weighted by atomic mass is 16.5. The third kappa shape index (κ3) is 3.86. The summed E-state index contributed by atoms with van der Waals surface area (Å²) >= 11 is 0. The van der Waals surface area contributed by atoms with Crippen LogP contribution >= 0.6 is 0 Å². The molecule has 0 radical (unpaired) electrons. The molecule has 6 nitrogen and oxygen atoms in total. The smallest absolute Gasteiger partial charge is 0.251 e. The molecular formula is C22H25N3O3. The van der Waals surface area contributed by atoms with Crippen LogP contribution in [0.2, 0.25) is 0 Å². The van der Waals surface area contributed by atoms with Gasteiger partial charge in [-0.05, 0) is 38.1 Å². The first kappa shape index (κ1) is 19.5. The van der Waals surface area contributed by atoms with Gasteiger partial charge in [-0.2, -0.15) is 0 Å². The van der Waals surface area contributed by atoms with E-state index < -0.39 is 0 Å². The summed E-state index contributed by atoms with van der Waals surface area (Å²) in [6.07, 6.45) is 3.78. The van der Waals surface area contributed by atoms with E-state index in [4.69, 9.17) is 9.47 Å². The van der Waals surface area contributed by atoms with Gasteiger partial charge in [-0.25, -0.2) is 4.98 Å². The van der Waals surface area contributed by atoms with E-state index in [0.717, 1.165) is 22.4 Å². The number of nitrogens with zero attached hydrogens (tertiary/aromatic N) is 2. The van der Waals surface area contributed by atoms with Crippen LogP contribution in [0.15, 0.2) is 42.5 Å². The molecule has 0 saturated carbocycles. The number of carbonyl (C=O) groups is 1. The fraction of sp³-hybridized carbons (Fsp3) is 0.273. The molecular weight excluding hydrogens is 354 g/mol. The topological polar surface area (TPSA) is 65.4 Å². The number of imidazole rings is 1. The average Bonchev–Trinajstić information content (AvgIpc) is 3.02. The zero-order valence-electron chi connectivity index (χ0n) is 16.7. The molecule has 1 aromatic heterocycles. The number of carbonyl (C=O) groups excluding carboxylic acids is 1. The van der Waals surface area contributed by atoms with Crippen molar-refractivity contribution in [2.75, 3.05) is 20.8 Å². The zero-order valence-corrected chi connectivity index (χ0v) is 16.7. The van der Waals surface area contributed by atoms with Crippen molar-refractivity contribution in [3.63, 3.8) is 0 Å². The van der Waals surface area contributed by atoms with E-state index in [0.29, 0.717) is 30.2 Å². The molecule has 0 bridgehead atoms. The molecule has 3 rings (SSSR count). The number of amides is 1. The van der Waals surface area contributed by atoms with Gasteiger partial charge in [-0.15, -0.1) is 0 Å². The highest BCUT2D eigenvalue weighted by molar-refractivity contribution is 5.96. The Morgan fingerprint density at radius 1 is 1.21 bits per heavy atom. The quantitative estimate of drug-likeness (QED) is 0.678. The standard InChI is InChI=1S/C22H25N3O3/c1-5-8-16-13-17(14-20(27-3)21(16)28-4)22(26)23-11-12-25-15(2)24-18-9-6-7-10-19(18)25/h5-10,13-14H,11-12H2,1-4H3,(H,23,26)/b8-5+. The van der Waals surface area contributed by atoms with Crippen molar-refractivity contribution in [1.29, 1.82) is 0 Å². The number of methoxy groups -OCH3 is 2. The molecule has 0 aliphatic rings. The molecule has 0 aliphatic carbocycles. The van der Waals surface area contributed by atoms with Gasteiger partial charge < -0.3 is 19.4 Å². The van der Waals surface area contributed by atoms with Crippen LogP contribution in [0, 0.1) is 6.92 Å². The van der Waals surface area contributed by atoms with Crippen molar-refractivity contribution in [2.45, 2.75) is 20.4 Å². The minimum Gasteiger partial charge on any atom is -0.493 e. The van der Waals surface area contributed by atoms with Crippen LogP contribution in [-0.2, 0) is 6.54 Å². The Morgan fingerprint density at radius 3 is 2.71 bits per heavy atom. The normalized spacial score (nSPS) is 11.1. The van der Waals surface area contributed by atoms with Crippen LogP contribution in [0.1, 0.15) is 28.7 Å². The predicted octanol–water partition coefficient (Wildman–Crippen LogP) is 3.83. The Morgan fingerprint density at radius 2 is 2.00 bits per heavy atom. The van der Waals surface area contributed by atoms with Crippen LogP contribution in [0.25, 0.3) is 17.1 Å². The number of hydrogen-bond donors (Lipinski definition) is 1. The molecule has 146 valence electrons. The van der Waals surface area contributed by atoms with Crippen LogP contribution in [0.5, 0.6) is 11.5 Å². The number of para-hydroxylation sites is 2. The summed E-state index contributed by atoms with van der Waals surface area (Å²) in [4.78, 5) is 17.2. The van der Waals surface area contributed by atoms with Gasteiger partial charge in [0.1, 0.15) is 5.82 Å². The van der Waals surface area contributed by atoms with Crippen molar-refractivity contribution < 1.29 is 14.3 Å². The minimum absolute atomic E-state index is 0.159. The number of allylic oxidation sites excluding steroid dienone is 1. The Hall–Kier alpha value is -3.28. The van der Waals surface area contributed by atoms with Crippen molar-refractivity contribution in [1.82, 2.24) is 14.9 Å². The first-order valence-corrected chi connectivity index (χ1v) is 9.17. The second-order valence-electron chi connectivity index (χ2n) is 6.36. The maximum atomic E-state index is 12.7. The van der Waals surface area contributed by atoms with E-state index in [9.17, 15) is 4.79 Å². The number of aryl methyl sites for hydroxylation is 1. The lowest BCUT2D eigenvalue weighted by Crippen LogP contribution is -2.27. The number of rotatable bonds is 7. The Balaban J connectivity index is 1.76. The van der Waals surface area contributed by atoms with Crippen LogP contribution in [0.3, 0.4) is 0 Å². The molecule has 0 aliphatic heterocycles. The highest BCUT2D eigenvalue weighted by Crippen LogP contribution is 2.33. The van der Waals surface area contributed by atoms with Crippen LogP contribution in [-0.4, -0.2) is 36.2 Å².